The van der Waals surface area contributed by atoms with Gasteiger partial charge in [-0.3, -0.25) is 19.4 Å². The monoisotopic (exact) mass is 685 g/mol. The highest BCUT2D eigenvalue weighted by molar-refractivity contribution is 7.18. The molecule has 2 heterocycles. The fourth-order valence-electron chi connectivity index (χ4n) is 5.09. The zero-order chi connectivity index (χ0) is 34.7. The SMILES string of the molecule is CC1CCC(C(=O)N(c2cc(-c3ccc(NC(=O)c4cscn4)cc3)sc2C(=O)O)C(C)C)CC1.NC(N)=NCCC[C@H](N)C(=O)O. The minimum Gasteiger partial charge on any atom is -0.480 e. The molecule has 0 bridgehead atoms. The normalized spacial score (nSPS) is 16.4. The summed E-state index contributed by atoms with van der Waals surface area (Å²) in [6.45, 7) is 6.48. The molecule has 1 aliphatic carbocycles. The summed E-state index contributed by atoms with van der Waals surface area (Å²) < 4.78 is 0. The molecule has 15 heteroatoms. The van der Waals surface area contributed by atoms with E-state index in [-0.39, 0.29) is 34.6 Å². The summed E-state index contributed by atoms with van der Waals surface area (Å²) in [5.41, 5.74) is 19.2. The fourth-order valence-corrected chi connectivity index (χ4v) is 6.62. The third-order valence-electron chi connectivity index (χ3n) is 7.66. The molecule has 2 aromatic heterocycles. The van der Waals surface area contributed by atoms with Gasteiger partial charge >= 0.3 is 11.9 Å². The largest absolute Gasteiger partial charge is 0.480 e. The van der Waals surface area contributed by atoms with Gasteiger partial charge in [-0.25, -0.2) is 9.78 Å². The summed E-state index contributed by atoms with van der Waals surface area (Å²) in [7, 11) is 0. The molecule has 1 aromatic carbocycles. The van der Waals surface area contributed by atoms with Crippen LogP contribution in [0.3, 0.4) is 0 Å². The van der Waals surface area contributed by atoms with Crippen molar-refractivity contribution < 1.29 is 29.4 Å². The molecule has 1 atom stereocenters. The van der Waals surface area contributed by atoms with Crippen molar-refractivity contribution in [3.05, 3.63) is 51.8 Å². The lowest BCUT2D eigenvalue weighted by atomic mass is 9.82. The van der Waals surface area contributed by atoms with Crippen LogP contribution in [0.1, 0.15) is 79.5 Å². The molecule has 2 amide bonds. The number of aromatic carboxylic acids is 1. The summed E-state index contributed by atoms with van der Waals surface area (Å²) in [4.78, 5) is 58.4. The Balaban J connectivity index is 0.000000426. The Morgan fingerprint density at radius 2 is 1.74 bits per heavy atom. The number of thiophene rings is 1. The van der Waals surface area contributed by atoms with Crippen molar-refractivity contribution in [2.24, 2.45) is 34.0 Å². The first-order chi connectivity index (χ1) is 22.3. The molecular formula is C32H43N7O6S2. The van der Waals surface area contributed by atoms with E-state index in [4.69, 9.17) is 22.3 Å². The van der Waals surface area contributed by atoms with E-state index in [2.05, 4.69) is 22.2 Å². The van der Waals surface area contributed by atoms with Crippen molar-refractivity contribution in [1.29, 1.82) is 0 Å². The molecule has 254 valence electrons. The van der Waals surface area contributed by atoms with Gasteiger partial charge in [-0.2, -0.15) is 0 Å². The van der Waals surface area contributed by atoms with Crippen LogP contribution in [0.25, 0.3) is 10.4 Å². The second-order valence-electron chi connectivity index (χ2n) is 11.7. The molecule has 0 radical (unpaired) electrons. The van der Waals surface area contributed by atoms with Gasteiger partial charge in [0.15, 0.2) is 5.96 Å². The number of hydrogen-bond acceptors (Lipinski definition) is 9. The molecule has 0 unspecified atom stereocenters. The van der Waals surface area contributed by atoms with Gasteiger partial charge in [0.05, 0.1) is 11.2 Å². The molecule has 1 aliphatic rings. The summed E-state index contributed by atoms with van der Waals surface area (Å²) in [5, 5.41) is 22.8. The number of carboxylic acids is 2. The predicted molar refractivity (Wildman–Crippen MR) is 186 cm³/mol. The number of benzene rings is 1. The van der Waals surface area contributed by atoms with E-state index in [1.807, 2.05) is 26.0 Å². The van der Waals surface area contributed by atoms with Crippen LogP contribution in [0.4, 0.5) is 11.4 Å². The summed E-state index contributed by atoms with van der Waals surface area (Å²) in [5.74, 6) is -1.74. The highest BCUT2D eigenvalue weighted by Crippen LogP contribution is 2.40. The molecule has 0 spiro atoms. The second kappa shape index (κ2) is 17.5. The van der Waals surface area contributed by atoms with Crippen LogP contribution in [0.15, 0.2) is 46.2 Å². The minimum atomic E-state index is -1.04. The molecule has 3 aromatic rings. The number of thiazole rings is 1. The maximum absolute atomic E-state index is 13.5. The quantitative estimate of drug-likeness (QED) is 0.0863. The van der Waals surface area contributed by atoms with E-state index in [9.17, 15) is 24.3 Å². The van der Waals surface area contributed by atoms with Gasteiger partial charge in [0, 0.05) is 34.4 Å². The molecule has 0 aliphatic heterocycles. The Morgan fingerprint density at radius 3 is 2.28 bits per heavy atom. The summed E-state index contributed by atoms with van der Waals surface area (Å²) >= 11 is 2.51. The van der Waals surface area contributed by atoms with E-state index in [1.54, 1.807) is 34.0 Å². The first-order valence-electron chi connectivity index (χ1n) is 15.3. The Hall–Kier alpha value is -4.34. The van der Waals surface area contributed by atoms with Crippen LogP contribution in [0.5, 0.6) is 0 Å². The number of nitrogens with zero attached hydrogens (tertiary/aromatic N) is 3. The highest BCUT2D eigenvalue weighted by Gasteiger charge is 2.33. The average molecular weight is 686 g/mol. The van der Waals surface area contributed by atoms with Crippen LogP contribution >= 0.6 is 22.7 Å². The third-order valence-corrected chi connectivity index (χ3v) is 9.41. The molecule has 1 fully saturated rings. The predicted octanol–water partition coefficient (Wildman–Crippen LogP) is 4.84. The number of carboxylic acid groups (broad SMARTS) is 2. The van der Waals surface area contributed by atoms with Gasteiger partial charge in [0.1, 0.15) is 16.6 Å². The Bertz CT molecular complexity index is 1530. The van der Waals surface area contributed by atoms with Crippen molar-refractivity contribution in [2.45, 2.75) is 71.4 Å². The van der Waals surface area contributed by atoms with E-state index in [1.165, 1.54) is 11.3 Å². The number of aliphatic imine (C=N–C) groups is 1. The number of anilines is 2. The van der Waals surface area contributed by atoms with Crippen LogP contribution in [0.2, 0.25) is 0 Å². The lowest BCUT2D eigenvalue weighted by molar-refractivity contribution is -0.138. The summed E-state index contributed by atoms with van der Waals surface area (Å²) in [6.07, 6.45) is 4.69. The van der Waals surface area contributed by atoms with Crippen molar-refractivity contribution in [3.63, 3.8) is 0 Å². The number of carbonyl (C=O) groups excluding carboxylic acids is 2. The lowest BCUT2D eigenvalue weighted by Crippen LogP contribution is -2.42. The molecule has 9 N–H and O–H groups in total. The molecule has 4 rings (SSSR count). The first kappa shape index (κ1) is 37.1. The number of aromatic nitrogens is 1. The topological polar surface area (TPSA) is 227 Å². The van der Waals surface area contributed by atoms with Crippen molar-refractivity contribution in [1.82, 2.24) is 4.98 Å². The number of aliphatic carboxylic acids is 1. The maximum atomic E-state index is 13.5. The van der Waals surface area contributed by atoms with Gasteiger partial charge in [-0.1, -0.05) is 19.1 Å². The van der Waals surface area contributed by atoms with E-state index in [0.717, 1.165) is 47.5 Å². The molecular weight excluding hydrogens is 643 g/mol. The van der Waals surface area contributed by atoms with Gasteiger partial charge in [0.2, 0.25) is 5.91 Å². The van der Waals surface area contributed by atoms with E-state index < -0.39 is 18.0 Å². The highest BCUT2D eigenvalue weighted by atomic mass is 32.1. The maximum Gasteiger partial charge on any atom is 0.348 e. The summed E-state index contributed by atoms with van der Waals surface area (Å²) in [6, 6.07) is 8.04. The van der Waals surface area contributed by atoms with Crippen molar-refractivity contribution >= 4 is 63.8 Å². The number of amides is 2. The van der Waals surface area contributed by atoms with Crippen LogP contribution < -0.4 is 27.4 Å². The second-order valence-corrected chi connectivity index (χ2v) is 13.5. The average Bonchev–Trinajstić information content (AvgIpc) is 3.72. The smallest absolute Gasteiger partial charge is 0.348 e. The molecule has 1 saturated carbocycles. The molecule has 47 heavy (non-hydrogen) atoms. The van der Waals surface area contributed by atoms with Crippen LogP contribution in [-0.4, -0.2) is 63.5 Å². The minimum absolute atomic E-state index is 0.0128. The van der Waals surface area contributed by atoms with Gasteiger partial charge < -0.3 is 37.6 Å². The zero-order valence-electron chi connectivity index (χ0n) is 26.7. The Kier molecular flexibility index (Phi) is 13.9. The lowest BCUT2D eigenvalue weighted by Gasteiger charge is -2.33. The van der Waals surface area contributed by atoms with E-state index in [0.29, 0.717) is 42.4 Å². The molecule has 13 nitrogen and oxygen atoms in total. The Morgan fingerprint density at radius 1 is 1.09 bits per heavy atom. The Labute approximate surface area is 281 Å². The number of nitrogens with two attached hydrogens (primary N) is 3. The standard InChI is InChI=1S/C26H29N3O4S2.C6H14N4O2/c1-15(2)29(25(31)18-6-4-16(3)5-7-18)21-12-22(35-23(21)26(32)33)17-8-10-19(11-9-17)28-24(30)20-13-34-14-27-20;7-4(5(11)12)2-1-3-10-6(8)9/h8-16,18H,4-7H2,1-3H3,(H,28,30)(H,32,33);4H,1-3,7H2,(H,11,12)(H4,8,9,10)/t;4-/m.0/s1. The zero-order valence-corrected chi connectivity index (χ0v) is 28.4. The van der Waals surface area contributed by atoms with Gasteiger partial charge in [-0.05, 0) is 82.1 Å². The van der Waals surface area contributed by atoms with Crippen LogP contribution in [-0.2, 0) is 9.59 Å². The number of nitrogens with one attached hydrogen (secondary N) is 1. The first-order valence-corrected chi connectivity index (χ1v) is 17.1. The van der Waals surface area contributed by atoms with E-state index >= 15 is 0 Å². The number of hydrogen-bond donors (Lipinski definition) is 6. The van der Waals surface area contributed by atoms with Gasteiger partial charge in [0.25, 0.3) is 5.91 Å². The number of carbonyl (C=O) groups is 4. The fraction of sp³-hybridized carbons (Fsp3) is 0.438. The van der Waals surface area contributed by atoms with Crippen molar-refractivity contribution in [3.8, 4) is 10.4 Å². The molecule has 0 saturated heterocycles. The van der Waals surface area contributed by atoms with Crippen LogP contribution in [0, 0.1) is 11.8 Å². The van der Waals surface area contributed by atoms with Crippen molar-refractivity contribution in [2.75, 3.05) is 16.8 Å². The number of rotatable bonds is 12. The number of guanidine groups is 1. The van der Waals surface area contributed by atoms with Gasteiger partial charge in [-0.15, -0.1) is 22.7 Å². The third kappa shape index (κ3) is 10.9.